The van der Waals surface area contributed by atoms with Gasteiger partial charge in [0.05, 0.1) is 12.3 Å². The van der Waals surface area contributed by atoms with E-state index in [1.54, 1.807) is 16.8 Å². The van der Waals surface area contributed by atoms with Crippen LogP contribution in [0.5, 0.6) is 0 Å². The van der Waals surface area contributed by atoms with E-state index in [2.05, 4.69) is 9.97 Å². The van der Waals surface area contributed by atoms with E-state index >= 15 is 0 Å². The highest BCUT2D eigenvalue weighted by molar-refractivity contribution is 6.10. The van der Waals surface area contributed by atoms with Crippen LogP contribution < -0.4 is 16.4 Å². The Labute approximate surface area is 158 Å². The fraction of sp³-hybridized carbons (Fsp3) is 0.421. The zero-order valence-corrected chi connectivity index (χ0v) is 16.1. The fourth-order valence-corrected chi connectivity index (χ4v) is 3.63. The molecule has 0 aliphatic heterocycles. The van der Waals surface area contributed by atoms with Crippen molar-refractivity contribution in [3.05, 3.63) is 29.5 Å². The Kier molecular flexibility index (Phi) is 4.93. The Morgan fingerprint density at radius 2 is 2.04 bits per heavy atom. The van der Waals surface area contributed by atoms with Gasteiger partial charge in [0, 0.05) is 24.7 Å². The lowest BCUT2D eigenvalue weighted by molar-refractivity contribution is 0.100. The van der Waals surface area contributed by atoms with Gasteiger partial charge in [-0.2, -0.15) is 0 Å². The predicted octanol–water partition coefficient (Wildman–Crippen LogP) is 1.76. The number of allylic oxidation sites excluding steroid dienone is 2. The number of rotatable bonds is 5. The molecule has 2 unspecified atom stereocenters. The Morgan fingerprint density at radius 1 is 1.37 bits per heavy atom. The molecule has 3 rings (SSSR count). The molecule has 2 aromatic heterocycles. The molecule has 5 N–H and O–H groups in total. The van der Waals surface area contributed by atoms with Gasteiger partial charge in [-0.25, -0.2) is 9.97 Å². The second kappa shape index (κ2) is 7.03. The monoisotopic (exact) mass is 370 g/mol. The van der Waals surface area contributed by atoms with Crippen LogP contribution in [0.4, 0.5) is 11.6 Å². The van der Waals surface area contributed by atoms with Crippen LogP contribution >= 0.6 is 0 Å². The molecule has 8 heteroatoms. The first-order valence-electron chi connectivity index (χ1n) is 9.10. The third kappa shape index (κ3) is 2.95. The normalized spacial score (nSPS) is 19.7. The highest BCUT2D eigenvalue weighted by Gasteiger charge is 2.30. The van der Waals surface area contributed by atoms with E-state index in [0.29, 0.717) is 17.0 Å². The summed E-state index contributed by atoms with van der Waals surface area (Å²) in [6.07, 6.45) is 4.60. The number of anilines is 2. The standard InChI is InChI=1S/C19H26N6O2/c1-5-24(6-2)13-9-22-19-15(23-13)14(18(21)27)17(20)25(19)16-10(3)7-8-12(26)11(16)4/h7-9,11-12,26H,5-6,20H2,1-4H3,(H2,21,27). The van der Waals surface area contributed by atoms with E-state index in [4.69, 9.17) is 11.5 Å². The smallest absolute Gasteiger partial charge is 0.254 e. The van der Waals surface area contributed by atoms with Gasteiger partial charge in [-0.3, -0.25) is 9.36 Å². The molecule has 1 aliphatic carbocycles. The molecule has 0 spiro atoms. The van der Waals surface area contributed by atoms with Crippen molar-refractivity contribution < 1.29 is 9.90 Å². The number of primary amides is 1. The van der Waals surface area contributed by atoms with Gasteiger partial charge in [0.15, 0.2) is 5.65 Å². The minimum Gasteiger partial charge on any atom is -0.388 e. The van der Waals surface area contributed by atoms with Crippen molar-refractivity contribution >= 4 is 34.4 Å². The van der Waals surface area contributed by atoms with E-state index in [0.717, 1.165) is 24.4 Å². The van der Waals surface area contributed by atoms with Crippen LogP contribution in [0, 0.1) is 5.92 Å². The third-order valence-electron chi connectivity index (χ3n) is 5.15. The maximum atomic E-state index is 12.1. The van der Waals surface area contributed by atoms with Crippen molar-refractivity contribution in [1.82, 2.24) is 14.5 Å². The van der Waals surface area contributed by atoms with Crippen molar-refractivity contribution in [2.45, 2.75) is 33.8 Å². The molecule has 8 nitrogen and oxygen atoms in total. The number of aliphatic hydroxyl groups excluding tert-OH is 1. The van der Waals surface area contributed by atoms with E-state index < -0.39 is 12.0 Å². The van der Waals surface area contributed by atoms with Gasteiger partial charge in [-0.1, -0.05) is 19.1 Å². The van der Waals surface area contributed by atoms with Gasteiger partial charge < -0.3 is 21.5 Å². The first-order valence-corrected chi connectivity index (χ1v) is 9.10. The molecule has 1 aliphatic rings. The van der Waals surface area contributed by atoms with Crippen molar-refractivity contribution in [3.63, 3.8) is 0 Å². The number of carbonyl (C=O) groups is 1. The molecule has 2 aromatic rings. The quantitative estimate of drug-likeness (QED) is 0.737. The van der Waals surface area contributed by atoms with Crippen LogP contribution in [0.1, 0.15) is 38.1 Å². The molecule has 0 saturated heterocycles. The molecule has 0 radical (unpaired) electrons. The summed E-state index contributed by atoms with van der Waals surface area (Å²) >= 11 is 0. The molecule has 0 bridgehead atoms. The largest absolute Gasteiger partial charge is 0.388 e. The number of nitrogen functional groups attached to an aromatic ring is 1. The lowest BCUT2D eigenvalue weighted by Gasteiger charge is -2.27. The lowest BCUT2D eigenvalue weighted by atomic mass is 9.91. The zero-order valence-electron chi connectivity index (χ0n) is 16.1. The van der Waals surface area contributed by atoms with Crippen LogP contribution in [0.2, 0.25) is 0 Å². The number of hydrogen-bond donors (Lipinski definition) is 3. The van der Waals surface area contributed by atoms with Crippen LogP contribution in [0.15, 0.2) is 23.9 Å². The summed E-state index contributed by atoms with van der Waals surface area (Å²) in [6, 6.07) is 0. The summed E-state index contributed by atoms with van der Waals surface area (Å²) in [5.41, 5.74) is 14.7. The Bertz CT molecular complexity index is 955. The van der Waals surface area contributed by atoms with Gasteiger partial charge in [0.2, 0.25) is 0 Å². The van der Waals surface area contributed by atoms with E-state index in [1.807, 2.05) is 38.7 Å². The fourth-order valence-electron chi connectivity index (χ4n) is 3.63. The van der Waals surface area contributed by atoms with Crippen LogP contribution in [0.25, 0.3) is 16.9 Å². The number of hydrogen-bond acceptors (Lipinski definition) is 6. The van der Waals surface area contributed by atoms with Gasteiger partial charge in [-0.15, -0.1) is 0 Å². The molecule has 2 heterocycles. The number of nitrogens with two attached hydrogens (primary N) is 2. The molecule has 0 fully saturated rings. The van der Waals surface area contributed by atoms with Crippen molar-refractivity contribution in [1.29, 1.82) is 0 Å². The summed E-state index contributed by atoms with van der Waals surface area (Å²) in [4.78, 5) is 23.4. The van der Waals surface area contributed by atoms with Gasteiger partial charge >= 0.3 is 0 Å². The number of aromatic nitrogens is 3. The SMILES string of the molecule is CCN(CC)c1cnc2c(n1)c(C(N)=O)c(N)n2C1=C(C)C=CC(O)C1C. The van der Waals surface area contributed by atoms with Gasteiger partial charge in [0.25, 0.3) is 5.91 Å². The zero-order chi connectivity index (χ0) is 19.9. The number of carbonyl (C=O) groups excluding carboxylic acids is 1. The van der Waals surface area contributed by atoms with Crippen LogP contribution in [-0.4, -0.2) is 44.7 Å². The number of nitrogens with zero attached hydrogens (tertiary/aromatic N) is 4. The highest BCUT2D eigenvalue weighted by atomic mass is 16.3. The predicted molar refractivity (Wildman–Crippen MR) is 107 cm³/mol. The van der Waals surface area contributed by atoms with Gasteiger partial charge in [-0.05, 0) is 26.3 Å². The van der Waals surface area contributed by atoms with E-state index in [9.17, 15) is 9.90 Å². The average Bonchev–Trinajstić information content (AvgIpc) is 2.91. The third-order valence-corrected chi connectivity index (χ3v) is 5.15. The maximum Gasteiger partial charge on any atom is 0.254 e. The molecule has 27 heavy (non-hydrogen) atoms. The minimum atomic E-state index is -0.653. The van der Waals surface area contributed by atoms with E-state index in [1.165, 1.54) is 0 Å². The Morgan fingerprint density at radius 3 is 2.63 bits per heavy atom. The molecule has 144 valence electrons. The molecular formula is C19H26N6O2. The first-order chi connectivity index (χ1) is 12.8. The number of aliphatic hydroxyl groups is 1. The Balaban J connectivity index is 2.34. The minimum absolute atomic E-state index is 0.156. The summed E-state index contributed by atoms with van der Waals surface area (Å²) in [5.74, 6) is -0.0229. The maximum absolute atomic E-state index is 12.1. The second-order valence-electron chi connectivity index (χ2n) is 6.74. The molecular weight excluding hydrogens is 344 g/mol. The summed E-state index contributed by atoms with van der Waals surface area (Å²) < 4.78 is 1.70. The summed E-state index contributed by atoms with van der Waals surface area (Å²) in [6.45, 7) is 9.40. The summed E-state index contributed by atoms with van der Waals surface area (Å²) in [7, 11) is 0. The van der Waals surface area contributed by atoms with Crippen molar-refractivity contribution in [2.75, 3.05) is 23.7 Å². The van der Waals surface area contributed by atoms with E-state index in [-0.39, 0.29) is 17.3 Å². The average molecular weight is 370 g/mol. The van der Waals surface area contributed by atoms with Gasteiger partial charge in [0.1, 0.15) is 22.7 Å². The second-order valence-corrected chi connectivity index (χ2v) is 6.74. The molecule has 1 amide bonds. The molecule has 0 aromatic carbocycles. The summed E-state index contributed by atoms with van der Waals surface area (Å²) in [5, 5.41) is 10.3. The van der Waals surface area contributed by atoms with Crippen molar-refractivity contribution in [2.24, 2.45) is 11.7 Å². The Hall–Kier alpha value is -2.87. The molecule has 0 saturated carbocycles. The topological polar surface area (TPSA) is 123 Å². The molecule has 2 atom stereocenters. The highest BCUT2D eigenvalue weighted by Crippen LogP contribution is 2.37. The van der Waals surface area contributed by atoms with Crippen molar-refractivity contribution in [3.8, 4) is 0 Å². The lowest BCUT2D eigenvalue weighted by Crippen LogP contribution is -2.24. The van der Waals surface area contributed by atoms with Crippen LogP contribution in [0.3, 0.4) is 0 Å². The number of fused-ring (bicyclic) bond motifs is 1. The first kappa shape index (κ1) is 18.9. The van der Waals surface area contributed by atoms with Crippen LogP contribution in [-0.2, 0) is 0 Å². The number of amides is 1.